The quantitative estimate of drug-likeness (QED) is 0.479. The Hall–Kier alpha value is -2.95. The van der Waals surface area contributed by atoms with Crippen LogP contribution in [0.15, 0.2) is 42.0 Å². The highest BCUT2D eigenvalue weighted by molar-refractivity contribution is 6.15. The minimum absolute atomic E-state index is 0.0282. The van der Waals surface area contributed by atoms with E-state index in [2.05, 4.69) is 0 Å². The lowest BCUT2D eigenvalue weighted by Crippen LogP contribution is -2.21. The molecule has 1 heterocycles. The molecule has 5 heteroatoms. The van der Waals surface area contributed by atoms with E-state index in [-0.39, 0.29) is 18.1 Å². The maximum Gasteiger partial charge on any atom is 0.276 e. The molecule has 3 rings (SSSR count). The van der Waals surface area contributed by atoms with Crippen molar-refractivity contribution in [1.82, 2.24) is 0 Å². The first-order valence-corrected chi connectivity index (χ1v) is 7.20. The Labute approximate surface area is 133 Å². The summed E-state index contributed by atoms with van der Waals surface area (Å²) in [5, 5.41) is 11.1. The van der Waals surface area contributed by atoms with E-state index >= 15 is 0 Å². The van der Waals surface area contributed by atoms with Crippen molar-refractivity contribution < 1.29 is 14.5 Å². The van der Waals surface area contributed by atoms with Crippen LogP contribution in [0.1, 0.15) is 27.0 Å². The number of ketones is 1. The Morgan fingerprint density at radius 2 is 1.83 bits per heavy atom. The van der Waals surface area contributed by atoms with Crippen LogP contribution < -0.4 is 4.74 Å². The number of carbonyl (C=O) groups excluding carboxylic acids is 1. The molecule has 0 bridgehead atoms. The normalized spacial score (nSPS) is 15.2. The molecule has 1 aliphatic heterocycles. The summed E-state index contributed by atoms with van der Waals surface area (Å²) in [5.74, 6) is 0.473. The monoisotopic (exact) mass is 309 g/mol. The van der Waals surface area contributed by atoms with Gasteiger partial charge in [0, 0.05) is 11.6 Å². The van der Waals surface area contributed by atoms with E-state index in [0.717, 1.165) is 11.1 Å². The fourth-order valence-corrected chi connectivity index (χ4v) is 2.70. The number of carbonyl (C=O) groups is 1. The third kappa shape index (κ3) is 2.61. The van der Waals surface area contributed by atoms with Crippen molar-refractivity contribution in [1.29, 1.82) is 0 Å². The number of nitro benzene ring substituents is 1. The molecule has 0 fully saturated rings. The molecule has 23 heavy (non-hydrogen) atoms. The van der Waals surface area contributed by atoms with Crippen molar-refractivity contribution in [3.8, 4) is 5.75 Å². The lowest BCUT2D eigenvalue weighted by atomic mass is 9.93. The summed E-state index contributed by atoms with van der Waals surface area (Å²) in [4.78, 5) is 23.4. The van der Waals surface area contributed by atoms with Crippen molar-refractivity contribution in [3.63, 3.8) is 0 Å². The summed E-state index contributed by atoms with van der Waals surface area (Å²) in [5.41, 5.74) is 3.08. The zero-order chi connectivity index (χ0) is 16.6. The molecular formula is C18H15NO4. The summed E-state index contributed by atoms with van der Waals surface area (Å²) >= 11 is 0. The lowest BCUT2D eigenvalue weighted by molar-refractivity contribution is -0.385. The van der Waals surface area contributed by atoms with Gasteiger partial charge in [0.2, 0.25) is 0 Å². The second kappa shape index (κ2) is 5.68. The van der Waals surface area contributed by atoms with Crippen LogP contribution in [0.2, 0.25) is 0 Å². The molecule has 0 saturated heterocycles. The highest BCUT2D eigenvalue weighted by Crippen LogP contribution is 2.34. The zero-order valence-corrected chi connectivity index (χ0v) is 12.8. The van der Waals surface area contributed by atoms with Crippen LogP contribution in [0.4, 0.5) is 5.69 Å². The predicted octanol–water partition coefficient (Wildman–Crippen LogP) is 3.87. The number of ether oxygens (including phenoxy) is 1. The van der Waals surface area contributed by atoms with Gasteiger partial charge in [-0.2, -0.15) is 0 Å². The molecule has 2 aromatic rings. The van der Waals surface area contributed by atoms with E-state index in [1.54, 1.807) is 24.3 Å². The minimum atomic E-state index is -0.454. The van der Waals surface area contributed by atoms with E-state index in [9.17, 15) is 14.9 Å². The van der Waals surface area contributed by atoms with Crippen molar-refractivity contribution >= 4 is 17.5 Å². The summed E-state index contributed by atoms with van der Waals surface area (Å²) in [6.45, 7) is 3.86. The third-order valence-electron chi connectivity index (χ3n) is 3.92. The van der Waals surface area contributed by atoms with Gasteiger partial charge < -0.3 is 4.74 Å². The molecule has 0 amide bonds. The first-order valence-electron chi connectivity index (χ1n) is 7.20. The van der Waals surface area contributed by atoms with Crippen LogP contribution in [0.5, 0.6) is 5.75 Å². The number of nitro groups is 1. The number of rotatable bonds is 2. The number of aryl methyl sites for hydroxylation is 2. The molecule has 0 atom stereocenters. The fraction of sp³-hybridized carbons (Fsp3) is 0.167. The minimum Gasteiger partial charge on any atom is -0.488 e. The SMILES string of the molecule is Cc1ccc(C)c2c1OC/C(=C\c1ccccc1[N+](=O)[O-])C2=O. The molecule has 0 N–H and O–H groups in total. The summed E-state index contributed by atoms with van der Waals surface area (Å²) < 4.78 is 5.73. The second-order valence-corrected chi connectivity index (χ2v) is 5.51. The standard InChI is InChI=1S/C18H15NO4/c1-11-7-8-12(2)18-16(11)17(20)14(10-23-18)9-13-5-3-4-6-15(13)19(21)22/h3-9H,10H2,1-2H3/b14-9+. The predicted molar refractivity (Wildman–Crippen MR) is 86.8 cm³/mol. The molecule has 1 aliphatic rings. The van der Waals surface area contributed by atoms with Crippen LogP contribution in [0.3, 0.4) is 0 Å². The molecular weight excluding hydrogens is 294 g/mol. The van der Waals surface area contributed by atoms with Gasteiger partial charge in [-0.25, -0.2) is 0 Å². The second-order valence-electron chi connectivity index (χ2n) is 5.51. The smallest absolute Gasteiger partial charge is 0.276 e. The molecule has 2 aromatic carbocycles. The average Bonchev–Trinajstić information content (AvgIpc) is 2.53. The molecule has 0 aliphatic carbocycles. The maximum absolute atomic E-state index is 12.8. The third-order valence-corrected chi connectivity index (χ3v) is 3.92. The first kappa shape index (κ1) is 15.0. The van der Waals surface area contributed by atoms with Crippen LogP contribution in [0, 0.1) is 24.0 Å². The van der Waals surface area contributed by atoms with Crippen LogP contribution >= 0.6 is 0 Å². The summed E-state index contributed by atoms with van der Waals surface area (Å²) in [6, 6.07) is 10.1. The highest BCUT2D eigenvalue weighted by atomic mass is 16.6. The molecule has 0 spiro atoms. The highest BCUT2D eigenvalue weighted by Gasteiger charge is 2.27. The average molecular weight is 309 g/mol. The van der Waals surface area contributed by atoms with E-state index in [1.807, 2.05) is 26.0 Å². The van der Waals surface area contributed by atoms with Crippen molar-refractivity contribution in [3.05, 3.63) is 74.3 Å². The Balaban J connectivity index is 2.09. The van der Waals surface area contributed by atoms with Crippen LogP contribution in [0.25, 0.3) is 6.08 Å². The summed E-state index contributed by atoms with van der Waals surface area (Å²) in [6.07, 6.45) is 1.55. The molecule has 0 unspecified atom stereocenters. The zero-order valence-electron chi connectivity index (χ0n) is 12.8. The lowest BCUT2D eigenvalue weighted by Gasteiger charge is -2.22. The van der Waals surface area contributed by atoms with Crippen molar-refractivity contribution in [2.24, 2.45) is 0 Å². The maximum atomic E-state index is 12.8. The topological polar surface area (TPSA) is 69.4 Å². The number of Topliss-reactive ketones (excluding diaryl/α,β-unsaturated/α-hetero) is 1. The van der Waals surface area contributed by atoms with Gasteiger partial charge in [-0.05, 0) is 37.1 Å². The van der Waals surface area contributed by atoms with Crippen LogP contribution in [-0.4, -0.2) is 17.3 Å². The number of para-hydroxylation sites is 1. The number of hydrogen-bond donors (Lipinski definition) is 0. The largest absolute Gasteiger partial charge is 0.488 e. The number of nitrogens with zero attached hydrogens (tertiary/aromatic N) is 1. The number of hydrogen-bond acceptors (Lipinski definition) is 4. The van der Waals surface area contributed by atoms with Gasteiger partial charge in [0.25, 0.3) is 5.69 Å². The summed E-state index contributed by atoms with van der Waals surface area (Å²) in [7, 11) is 0. The van der Waals surface area contributed by atoms with Gasteiger partial charge in [0.1, 0.15) is 12.4 Å². The van der Waals surface area contributed by atoms with Gasteiger partial charge in [-0.1, -0.05) is 24.3 Å². The number of benzene rings is 2. The molecule has 0 radical (unpaired) electrons. The molecule has 0 saturated carbocycles. The molecule has 116 valence electrons. The van der Waals surface area contributed by atoms with Gasteiger partial charge >= 0.3 is 0 Å². The van der Waals surface area contributed by atoms with Gasteiger partial charge in [-0.3, -0.25) is 14.9 Å². The van der Waals surface area contributed by atoms with E-state index in [0.29, 0.717) is 22.4 Å². The van der Waals surface area contributed by atoms with E-state index in [1.165, 1.54) is 6.07 Å². The van der Waals surface area contributed by atoms with Crippen LogP contribution in [-0.2, 0) is 0 Å². The molecule has 5 nitrogen and oxygen atoms in total. The fourth-order valence-electron chi connectivity index (χ4n) is 2.70. The van der Waals surface area contributed by atoms with Crippen molar-refractivity contribution in [2.75, 3.05) is 6.61 Å². The Morgan fingerprint density at radius 1 is 1.13 bits per heavy atom. The molecule has 0 aromatic heterocycles. The van der Waals surface area contributed by atoms with E-state index in [4.69, 9.17) is 4.74 Å². The van der Waals surface area contributed by atoms with E-state index < -0.39 is 4.92 Å². The first-order chi connectivity index (χ1) is 11.0. The van der Waals surface area contributed by atoms with Gasteiger partial charge in [0.05, 0.1) is 16.1 Å². The Kier molecular flexibility index (Phi) is 3.70. The Morgan fingerprint density at radius 3 is 2.57 bits per heavy atom. The van der Waals surface area contributed by atoms with Crippen molar-refractivity contribution in [2.45, 2.75) is 13.8 Å². The van der Waals surface area contributed by atoms with Gasteiger partial charge in [0.15, 0.2) is 5.78 Å². The Bertz CT molecular complexity index is 852. The number of fused-ring (bicyclic) bond motifs is 1. The van der Waals surface area contributed by atoms with Gasteiger partial charge in [-0.15, -0.1) is 0 Å².